The van der Waals surface area contributed by atoms with E-state index in [1.165, 1.54) is 12.1 Å². The van der Waals surface area contributed by atoms with Gasteiger partial charge in [-0.1, -0.05) is 0 Å². The molecule has 0 amide bonds. The molecule has 1 N–H and O–H groups in total. The Bertz CT molecular complexity index is 783. The molecule has 0 saturated heterocycles. The molecular formula is C13H13FN4S. The van der Waals surface area contributed by atoms with E-state index in [1.807, 2.05) is 28.6 Å². The van der Waals surface area contributed by atoms with Crippen molar-refractivity contribution >= 4 is 23.3 Å². The number of imidazole rings is 1. The summed E-state index contributed by atoms with van der Waals surface area (Å²) in [5.41, 5.74) is 2.76. The van der Waals surface area contributed by atoms with Crippen molar-refractivity contribution in [3.8, 4) is 0 Å². The van der Waals surface area contributed by atoms with Gasteiger partial charge in [0.25, 0.3) is 0 Å². The SMILES string of the molecule is Cc1cnn(CCn2c(=S)[nH]c3ccc(F)cc32)c1. The highest BCUT2D eigenvalue weighted by atomic mass is 32.1. The predicted molar refractivity (Wildman–Crippen MR) is 74.0 cm³/mol. The van der Waals surface area contributed by atoms with Gasteiger partial charge in [0, 0.05) is 12.7 Å². The van der Waals surface area contributed by atoms with Crippen molar-refractivity contribution in [3.05, 3.63) is 46.7 Å². The van der Waals surface area contributed by atoms with Gasteiger partial charge >= 0.3 is 0 Å². The Morgan fingerprint density at radius 3 is 2.95 bits per heavy atom. The van der Waals surface area contributed by atoms with Gasteiger partial charge in [-0.05, 0) is 42.9 Å². The summed E-state index contributed by atoms with van der Waals surface area (Å²) in [5.74, 6) is -0.259. The summed E-state index contributed by atoms with van der Waals surface area (Å²) in [4.78, 5) is 3.08. The molecule has 0 unspecified atom stereocenters. The van der Waals surface area contributed by atoms with Crippen LogP contribution in [0.3, 0.4) is 0 Å². The van der Waals surface area contributed by atoms with Crippen molar-refractivity contribution in [2.24, 2.45) is 0 Å². The van der Waals surface area contributed by atoms with Crippen LogP contribution in [0.1, 0.15) is 5.56 Å². The number of fused-ring (bicyclic) bond motifs is 1. The van der Waals surface area contributed by atoms with Crippen LogP contribution < -0.4 is 0 Å². The standard InChI is InChI=1S/C13H13FN4S/c1-9-7-15-17(8-9)4-5-18-12-6-10(14)2-3-11(12)16-13(18)19/h2-3,6-8H,4-5H2,1H3,(H,16,19). The van der Waals surface area contributed by atoms with Gasteiger partial charge in [0.1, 0.15) is 5.82 Å². The van der Waals surface area contributed by atoms with Crippen molar-refractivity contribution < 1.29 is 4.39 Å². The van der Waals surface area contributed by atoms with E-state index in [4.69, 9.17) is 12.2 Å². The van der Waals surface area contributed by atoms with Crippen LogP contribution in [0.5, 0.6) is 0 Å². The summed E-state index contributed by atoms with van der Waals surface area (Å²) in [7, 11) is 0. The molecule has 0 spiro atoms. The third kappa shape index (κ3) is 2.31. The number of nitrogens with zero attached hydrogens (tertiary/aromatic N) is 3. The van der Waals surface area contributed by atoms with Crippen molar-refractivity contribution in [3.63, 3.8) is 0 Å². The van der Waals surface area contributed by atoms with Crippen LogP contribution in [0.15, 0.2) is 30.6 Å². The maximum atomic E-state index is 13.3. The monoisotopic (exact) mass is 276 g/mol. The summed E-state index contributed by atoms with van der Waals surface area (Å²) in [6.45, 7) is 3.35. The zero-order valence-corrected chi connectivity index (χ0v) is 11.2. The van der Waals surface area contributed by atoms with Crippen LogP contribution in [0.25, 0.3) is 11.0 Å². The van der Waals surface area contributed by atoms with Gasteiger partial charge in [0.2, 0.25) is 0 Å². The highest BCUT2D eigenvalue weighted by molar-refractivity contribution is 7.71. The number of aromatic nitrogens is 4. The van der Waals surface area contributed by atoms with E-state index in [0.717, 1.165) is 16.6 Å². The van der Waals surface area contributed by atoms with E-state index in [1.54, 1.807) is 6.07 Å². The fraction of sp³-hybridized carbons (Fsp3) is 0.231. The minimum Gasteiger partial charge on any atom is -0.331 e. The highest BCUT2D eigenvalue weighted by Gasteiger charge is 2.05. The lowest BCUT2D eigenvalue weighted by atomic mass is 10.3. The Labute approximate surface area is 114 Å². The van der Waals surface area contributed by atoms with Crippen LogP contribution in [-0.4, -0.2) is 19.3 Å². The fourth-order valence-electron chi connectivity index (χ4n) is 2.14. The van der Waals surface area contributed by atoms with Crippen LogP contribution in [-0.2, 0) is 13.1 Å². The van der Waals surface area contributed by atoms with Gasteiger partial charge in [0.05, 0.1) is 23.8 Å². The van der Waals surface area contributed by atoms with Gasteiger partial charge in [-0.25, -0.2) is 4.39 Å². The minimum atomic E-state index is -0.259. The molecule has 0 aliphatic carbocycles. The summed E-state index contributed by atoms with van der Waals surface area (Å²) >= 11 is 5.27. The summed E-state index contributed by atoms with van der Waals surface area (Å²) in [6, 6.07) is 4.62. The second-order valence-electron chi connectivity index (χ2n) is 4.52. The molecule has 0 fully saturated rings. The largest absolute Gasteiger partial charge is 0.331 e. The second kappa shape index (κ2) is 4.62. The third-order valence-corrected chi connectivity index (χ3v) is 3.37. The van der Waals surface area contributed by atoms with Gasteiger partial charge in [-0.2, -0.15) is 5.10 Å². The summed E-state index contributed by atoms with van der Waals surface area (Å²) in [6.07, 6.45) is 3.78. The maximum Gasteiger partial charge on any atom is 0.178 e. The molecule has 3 aromatic rings. The van der Waals surface area contributed by atoms with Gasteiger partial charge in [-0.3, -0.25) is 4.68 Å². The molecule has 0 radical (unpaired) electrons. The van der Waals surface area contributed by atoms with E-state index in [9.17, 15) is 4.39 Å². The van der Waals surface area contributed by atoms with Crippen LogP contribution in [0.4, 0.5) is 4.39 Å². The molecular weight excluding hydrogens is 263 g/mol. The van der Waals surface area contributed by atoms with E-state index in [-0.39, 0.29) is 5.82 Å². The molecule has 0 bridgehead atoms. The average molecular weight is 276 g/mol. The molecule has 19 heavy (non-hydrogen) atoms. The molecule has 1 aromatic carbocycles. The average Bonchev–Trinajstić information content (AvgIpc) is 2.90. The quantitative estimate of drug-likeness (QED) is 0.747. The van der Waals surface area contributed by atoms with E-state index in [2.05, 4.69) is 10.1 Å². The van der Waals surface area contributed by atoms with Gasteiger partial charge in [-0.15, -0.1) is 0 Å². The molecule has 0 aliphatic rings. The molecule has 0 aliphatic heterocycles. The molecule has 98 valence electrons. The first-order chi connectivity index (χ1) is 9.13. The smallest absolute Gasteiger partial charge is 0.178 e. The van der Waals surface area contributed by atoms with Crippen LogP contribution >= 0.6 is 12.2 Å². The Morgan fingerprint density at radius 2 is 2.21 bits per heavy atom. The third-order valence-electron chi connectivity index (χ3n) is 3.05. The molecule has 3 rings (SSSR count). The number of H-pyrrole nitrogens is 1. The summed E-state index contributed by atoms with van der Waals surface area (Å²) in [5, 5.41) is 4.23. The Kier molecular flexibility index (Phi) is 2.94. The number of hydrogen-bond acceptors (Lipinski definition) is 2. The summed E-state index contributed by atoms with van der Waals surface area (Å²) < 4.78 is 17.7. The minimum absolute atomic E-state index is 0.259. The first kappa shape index (κ1) is 12.1. The fourth-order valence-corrected chi connectivity index (χ4v) is 2.44. The number of rotatable bonds is 3. The number of aryl methyl sites for hydroxylation is 3. The highest BCUT2D eigenvalue weighted by Crippen LogP contribution is 2.15. The van der Waals surface area contributed by atoms with E-state index < -0.39 is 0 Å². The normalized spacial score (nSPS) is 11.3. The van der Waals surface area contributed by atoms with E-state index in [0.29, 0.717) is 17.9 Å². The number of nitrogens with one attached hydrogen (secondary N) is 1. The first-order valence-corrected chi connectivity index (χ1v) is 6.41. The van der Waals surface area contributed by atoms with Crippen LogP contribution in [0, 0.1) is 17.5 Å². The molecule has 4 nitrogen and oxygen atoms in total. The Hall–Kier alpha value is -1.95. The molecule has 2 aromatic heterocycles. The number of hydrogen-bond donors (Lipinski definition) is 1. The predicted octanol–water partition coefficient (Wildman–Crippen LogP) is 3.04. The molecule has 0 atom stereocenters. The van der Waals surface area contributed by atoms with Crippen molar-refractivity contribution in [2.45, 2.75) is 20.0 Å². The van der Waals surface area contributed by atoms with Crippen molar-refractivity contribution in [1.82, 2.24) is 19.3 Å². The van der Waals surface area contributed by atoms with Crippen molar-refractivity contribution in [2.75, 3.05) is 0 Å². The second-order valence-corrected chi connectivity index (χ2v) is 4.91. The number of halogens is 1. The van der Waals surface area contributed by atoms with Crippen LogP contribution in [0.2, 0.25) is 0 Å². The number of benzene rings is 1. The Morgan fingerprint density at radius 1 is 1.37 bits per heavy atom. The molecule has 6 heteroatoms. The zero-order valence-electron chi connectivity index (χ0n) is 10.4. The van der Waals surface area contributed by atoms with Gasteiger partial charge in [0.15, 0.2) is 4.77 Å². The molecule has 0 saturated carbocycles. The number of aromatic amines is 1. The lowest BCUT2D eigenvalue weighted by molar-refractivity contribution is 0.537. The maximum absolute atomic E-state index is 13.3. The lowest BCUT2D eigenvalue weighted by Crippen LogP contribution is -2.07. The first-order valence-electron chi connectivity index (χ1n) is 6.00. The van der Waals surface area contributed by atoms with Gasteiger partial charge < -0.3 is 9.55 Å². The zero-order chi connectivity index (χ0) is 13.4. The topological polar surface area (TPSA) is 38.5 Å². The van der Waals surface area contributed by atoms with Crippen molar-refractivity contribution in [1.29, 1.82) is 0 Å². The molecule has 2 heterocycles. The Balaban J connectivity index is 1.94. The van der Waals surface area contributed by atoms with E-state index >= 15 is 0 Å². The lowest BCUT2D eigenvalue weighted by Gasteiger charge is -2.05.